The van der Waals surface area contributed by atoms with Crippen molar-refractivity contribution in [3.8, 4) is 11.5 Å². The fourth-order valence-corrected chi connectivity index (χ4v) is 3.40. The number of urea groups is 1. The number of benzene rings is 2. The molecule has 0 aromatic heterocycles. The number of amides is 2. The summed E-state index contributed by atoms with van der Waals surface area (Å²) in [5.74, 6) is -0.114. The smallest absolute Gasteiger partial charge is 0.322 e. The molecule has 2 amide bonds. The van der Waals surface area contributed by atoms with E-state index in [0.717, 1.165) is 30.5 Å². The third-order valence-corrected chi connectivity index (χ3v) is 4.64. The Morgan fingerprint density at radius 3 is 2.69 bits per heavy atom. The van der Waals surface area contributed by atoms with Gasteiger partial charge in [-0.05, 0) is 42.7 Å². The quantitative estimate of drug-likeness (QED) is 0.877. The van der Waals surface area contributed by atoms with Crippen LogP contribution in [-0.4, -0.2) is 30.7 Å². The number of nitrogens with one attached hydrogen (secondary N) is 1. The lowest BCUT2D eigenvalue weighted by Crippen LogP contribution is -2.34. The van der Waals surface area contributed by atoms with Gasteiger partial charge in [-0.3, -0.25) is 0 Å². The fourth-order valence-electron chi connectivity index (χ4n) is 3.40. The molecule has 1 saturated heterocycles. The molecule has 0 bridgehead atoms. The van der Waals surface area contributed by atoms with Crippen LogP contribution in [0.25, 0.3) is 0 Å². The minimum atomic E-state index is -0.798. The van der Waals surface area contributed by atoms with Gasteiger partial charge in [0.2, 0.25) is 0 Å². The lowest BCUT2D eigenvalue weighted by atomic mass is 10.0. The Morgan fingerprint density at radius 1 is 1.08 bits per heavy atom. The minimum Gasteiger partial charge on any atom is -0.486 e. The van der Waals surface area contributed by atoms with Crippen LogP contribution in [0.3, 0.4) is 0 Å². The van der Waals surface area contributed by atoms with Crippen LogP contribution in [0.4, 0.5) is 19.3 Å². The lowest BCUT2D eigenvalue weighted by Gasteiger charge is -2.27. The number of likely N-dealkylation sites (tertiary alicyclic amines) is 1. The van der Waals surface area contributed by atoms with E-state index in [0.29, 0.717) is 31.3 Å². The Kier molecular flexibility index (Phi) is 4.36. The molecule has 2 aromatic carbocycles. The first-order valence-corrected chi connectivity index (χ1v) is 8.54. The number of carbonyl (C=O) groups excluding carboxylic acids is 1. The van der Waals surface area contributed by atoms with Crippen molar-refractivity contribution in [1.29, 1.82) is 0 Å². The molecule has 2 aromatic rings. The Labute approximate surface area is 149 Å². The van der Waals surface area contributed by atoms with Crippen molar-refractivity contribution in [3.63, 3.8) is 0 Å². The zero-order chi connectivity index (χ0) is 18.1. The van der Waals surface area contributed by atoms with Gasteiger partial charge in [0.05, 0.1) is 11.7 Å². The second-order valence-corrected chi connectivity index (χ2v) is 6.31. The number of nitrogens with zero attached hydrogens (tertiary/aromatic N) is 1. The highest BCUT2D eigenvalue weighted by Gasteiger charge is 2.31. The van der Waals surface area contributed by atoms with Gasteiger partial charge in [-0.25, -0.2) is 13.6 Å². The third-order valence-electron chi connectivity index (χ3n) is 4.64. The van der Waals surface area contributed by atoms with E-state index in [1.165, 1.54) is 6.07 Å². The summed E-state index contributed by atoms with van der Waals surface area (Å²) in [6.45, 7) is 1.58. The van der Waals surface area contributed by atoms with Gasteiger partial charge >= 0.3 is 6.03 Å². The molecule has 2 aliphatic heterocycles. The number of carbonyl (C=O) groups is 1. The van der Waals surface area contributed by atoms with E-state index >= 15 is 0 Å². The Hall–Kier alpha value is -2.83. The zero-order valence-electron chi connectivity index (χ0n) is 14.0. The highest BCUT2D eigenvalue weighted by atomic mass is 19.1. The van der Waals surface area contributed by atoms with Crippen LogP contribution in [0.5, 0.6) is 11.5 Å². The van der Waals surface area contributed by atoms with Gasteiger partial charge in [-0.1, -0.05) is 6.07 Å². The number of hydrogen-bond acceptors (Lipinski definition) is 3. The molecular formula is C19H18F2N2O3. The highest BCUT2D eigenvalue weighted by Crippen LogP contribution is 2.38. The average Bonchev–Trinajstić information content (AvgIpc) is 3.13. The first kappa shape index (κ1) is 16.6. The molecule has 0 radical (unpaired) electrons. The maximum absolute atomic E-state index is 13.8. The molecule has 0 spiro atoms. The first-order valence-electron chi connectivity index (χ1n) is 8.54. The summed E-state index contributed by atoms with van der Waals surface area (Å²) < 4.78 is 38.0. The van der Waals surface area contributed by atoms with Crippen LogP contribution in [0, 0.1) is 11.6 Å². The van der Waals surface area contributed by atoms with Gasteiger partial charge < -0.3 is 19.7 Å². The van der Waals surface area contributed by atoms with Crippen molar-refractivity contribution >= 4 is 11.7 Å². The van der Waals surface area contributed by atoms with Crippen molar-refractivity contribution in [2.24, 2.45) is 0 Å². The van der Waals surface area contributed by atoms with E-state index in [9.17, 15) is 13.6 Å². The summed E-state index contributed by atoms with van der Waals surface area (Å²) in [5.41, 5.74) is 0.908. The maximum atomic E-state index is 13.8. The molecule has 0 unspecified atom stereocenters. The second kappa shape index (κ2) is 6.82. The molecule has 1 N–H and O–H groups in total. The van der Waals surface area contributed by atoms with E-state index in [-0.39, 0.29) is 11.7 Å². The largest absolute Gasteiger partial charge is 0.486 e. The predicted molar refractivity (Wildman–Crippen MR) is 91.5 cm³/mol. The van der Waals surface area contributed by atoms with Gasteiger partial charge in [0.15, 0.2) is 11.5 Å². The molecule has 2 aliphatic rings. The molecule has 4 rings (SSSR count). The second-order valence-electron chi connectivity index (χ2n) is 6.31. The van der Waals surface area contributed by atoms with E-state index in [1.54, 1.807) is 4.90 Å². The van der Waals surface area contributed by atoms with Crippen molar-refractivity contribution in [2.75, 3.05) is 25.1 Å². The van der Waals surface area contributed by atoms with Crippen LogP contribution in [0.2, 0.25) is 0 Å². The molecule has 1 fully saturated rings. The summed E-state index contributed by atoms with van der Waals surface area (Å²) in [4.78, 5) is 14.3. The van der Waals surface area contributed by atoms with E-state index in [1.807, 2.05) is 18.2 Å². The van der Waals surface area contributed by atoms with Crippen LogP contribution in [-0.2, 0) is 0 Å². The Bertz CT molecular complexity index is 844. The first-order chi connectivity index (χ1) is 12.6. The summed E-state index contributed by atoms with van der Waals surface area (Å²) >= 11 is 0. The van der Waals surface area contributed by atoms with Gasteiger partial charge in [-0.15, -0.1) is 0 Å². The SMILES string of the molecule is O=C(Nc1ccc(F)cc1F)N1CCC[C@H]1c1ccc2c(c1)OCCO2. The number of hydrogen-bond donors (Lipinski definition) is 1. The molecular weight excluding hydrogens is 342 g/mol. The molecule has 7 heteroatoms. The van der Waals surface area contributed by atoms with Gasteiger partial charge in [0.1, 0.15) is 24.8 Å². The number of halogens is 2. The fraction of sp³-hybridized carbons (Fsp3) is 0.316. The lowest BCUT2D eigenvalue weighted by molar-refractivity contribution is 0.170. The van der Waals surface area contributed by atoms with Crippen LogP contribution in [0.1, 0.15) is 24.4 Å². The summed E-state index contributed by atoms with van der Waals surface area (Å²) in [5, 5.41) is 2.53. The molecule has 5 nitrogen and oxygen atoms in total. The van der Waals surface area contributed by atoms with Gasteiger partial charge in [0.25, 0.3) is 0 Å². The van der Waals surface area contributed by atoms with Crippen LogP contribution < -0.4 is 14.8 Å². The Balaban J connectivity index is 1.53. The molecule has 0 saturated carbocycles. The standard InChI is InChI=1S/C19H18F2N2O3/c20-13-4-5-15(14(21)11-13)22-19(24)23-7-1-2-16(23)12-3-6-17-18(10-12)26-9-8-25-17/h3-6,10-11,16H,1-2,7-9H2,(H,22,24)/t16-/m0/s1. The van der Waals surface area contributed by atoms with Crippen molar-refractivity contribution in [3.05, 3.63) is 53.6 Å². The van der Waals surface area contributed by atoms with Crippen LogP contribution >= 0.6 is 0 Å². The monoisotopic (exact) mass is 360 g/mol. The molecule has 0 aliphatic carbocycles. The summed E-state index contributed by atoms with van der Waals surface area (Å²) in [7, 11) is 0. The average molecular weight is 360 g/mol. The number of rotatable bonds is 2. The van der Waals surface area contributed by atoms with E-state index in [4.69, 9.17) is 9.47 Å². The van der Waals surface area contributed by atoms with Crippen molar-refractivity contribution < 1.29 is 23.0 Å². The van der Waals surface area contributed by atoms with Gasteiger partial charge in [-0.2, -0.15) is 0 Å². The summed E-state index contributed by atoms with van der Waals surface area (Å²) in [6.07, 6.45) is 1.65. The maximum Gasteiger partial charge on any atom is 0.322 e. The van der Waals surface area contributed by atoms with Gasteiger partial charge in [0, 0.05) is 12.6 Å². The number of anilines is 1. The number of ether oxygens (including phenoxy) is 2. The molecule has 26 heavy (non-hydrogen) atoms. The molecule has 136 valence electrons. The van der Waals surface area contributed by atoms with Crippen molar-refractivity contribution in [2.45, 2.75) is 18.9 Å². The minimum absolute atomic E-state index is 0.0378. The third kappa shape index (κ3) is 3.16. The van der Waals surface area contributed by atoms with E-state index in [2.05, 4.69) is 5.32 Å². The number of fused-ring (bicyclic) bond motifs is 1. The topological polar surface area (TPSA) is 50.8 Å². The van der Waals surface area contributed by atoms with Crippen LogP contribution in [0.15, 0.2) is 36.4 Å². The summed E-state index contributed by atoms with van der Waals surface area (Å²) in [6, 6.07) is 8.20. The Morgan fingerprint density at radius 2 is 1.88 bits per heavy atom. The molecule has 1 atom stereocenters. The zero-order valence-corrected chi connectivity index (χ0v) is 14.0. The normalized spacial score (nSPS) is 18.7. The van der Waals surface area contributed by atoms with Crippen molar-refractivity contribution in [1.82, 2.24) is 4.90 Å². The predicted octanol–water partition coefficient (Wildman–Crippen LogP) is 4.11. The molecule has 2 heterocycles. The highest BCUT2D eigenvalue weighted by molar-refractivity contribution is 5.90. The van der Waals surface area contributed by atoms with E-state index < -0.39 is 17.7 Å².